The Morgan fingerprint density at radius 3 is 2.69 bits per heavy atom. The minimum atomic E-state index is -4.70. The first kappa shape index (κ1) is 21.3. The minimum absolute atomic E-state index is 0.0669. The molecule has 0 saturated carbocycles. The van der Waals surface area contributed by atoms with Crippen molar-refractivity contribution < 1.29 is 27.2 Å². The Morgan fingerprint density at radius 1 is 1.12 bits per heavy atom. The van der Waals surface area contributed by atoms with Crippen molar-refractivity contribution in [1.82, 2.24) is 20.4 Å². The van der Waals surface area contributed by atoms with Crippen LogP contribution in [0.15, 0.2) is 59.4 Å². The molecule has 10 heteroatoms. The second-order valence-corrected chi connectivity index (χ2v) is 7.01. The van der Waals surface area contributed by atoms with Crippen LogP contribution in [-0.2, 0) is 24.1 Å². The van der Waals surface area contributed by atoms with Crippen LogP contribution in [0, 0.1) is 6.92 Å². The third-order valence-corrected chi connectivity index (χ3v) is 4.80. The zero-order valence-corrected chi connectivity index (χ0v) is 16.8. The van der Waals surface area contributed by atoms with Crippen molar-refractivity contribution in [2.45, 2.75) is 26.3 Å². The van der Waals surface area contributed by atoms with Crippen LogP contribution >= 0.6 is 0 Å². The summed E-state index contributed by atoms with van der Waals surface area (Å²) in [4.78, 5) is 19.7. The smallest absolute Gasteiger partial charge is 0.445 e. The van der Waals surface area contributed by atoms with Crippen molar-refractivity contribution in [1.29, 1.82) is 0 Å². The lowest BCUT2D eigenvalue weighted by Crippen LogP contribution is -2.24. The Balaban J connectivity index is 1.36. The number of aryl methyl sites for hydroxylation is 1. The van der Waals surface area contributed by atoms with Crippen LogP contribution in [0.2, 0.25) is 0 Å². The standard InChI is InChI=1S/C22H17F3N4O3/c1-13-8-14(19-28-20(32-29-19)22(23,24)25)6-7-15(13)11-27-21(30)31-12-17-10-26-9-16-4-2-3-5-18(16)17/h2-10H,11-12H2,1H3,(H,27,30). The van der Waals surface area contributed by atoms with Gasteiger partial charge in [-0.1, -0.05) is 41.6 Å². The molecule has 0 saturated heterocycles. The Morgan fingerprint density at radius 2 is 1.94 bits per heavy atom. The van der Waals surface area contributed by atoms with Crippen LogP contribution in [0.25, 0.3) is 22.2 Å². The Kier molecular flexibility index (Phi) is 5.76. The molecule has 0 spiro atoms. The summed E-state index contributed by atoms with van der Waals surface area (Å²) in [6, 6.07) is 12.5. The third-order valence-electron chi connectivity index (χ3n) is 4.80. The molecular weight excluding hydrogens is 425 g/mol. The van der Waals surface area contributed by atoms with E-state index in [1.165, 1.54) is 0 Å². The number of nitrogens with zero attached hydrogens (tertiary/aromatic N) is 3. The number of hydrogen-bond acceptors (Lipinski definition) is 6. The highest BCUT2D eigenvalue weighted by atomic mass is 19.4. The number of fused-ring (bicyclic) bond motifs is 1. The maximum Gasteiger partial charge on any atom is 0.471 e. The highest BCUT2D eigenvalue weighted by Gasteiger charge is 2.38. The number of alkyl halides is 3. The van der Waals surface area contributed by atoms with E-state index >= 15 is 0 Å². The topological polar surface area (TPSA) is 90.1 Å². The number of halogens is 3. The maximum atomic E-state index is 12.6. The van der Waals surface area contributed by atoms with E-state index in [0.29, 0.717) is 5.56 Å². The molecule has 0 aliphatic carbocycles. The molecule has 1 N–H and O–H groups in total. The van der Waals surface area contributed by atoms with Gasteiger partial charge in [-0.2, -0.15) is 18.2 Å². The van der Waals surface area contributed by atoms with E-state index in [9.17, 15) is 18.0 Å². The van der Waals surface area contributed by atoms with Gasteiger partial charge in [0.25, 0.3) is 0 Å². The second kappa shape index (κ2) is 8.66. The quantitative estimate of drug-likeness (QED) is 0.466. The van der Waals surface area contributed by atoms with Crippen molar-refractivity contribution in [3.05, 3.63) is 77.4 Å². The molecule has 1 amide bonds. The van der Waals surface area contributed by atoms with E-state index in [-0.39, 0.29) is 19.0 Å². The lowest BCUT2D eigenvalue weighted by molar-refractivity contribution is -0.159. The fourth-order valence-electron chi connectivity index (χ4n) is 3.15. The number of pyridine rings is 1. The van der Waals surface area contributed by atoms with E-state index in [4.69, 9.17) is 4.74 Å². The molecule has 32 heavy (non-hydrogen) atoms. The Labute approximate surface area is 180 Å². The number of amides is 1. The summed E-state index contributed by atoms with van der Waals surface area (Å²) in [5.74, 6) is -1.57. The number of alkyl carbamates (subject to hydrolysis) is 1. The maximum absolute atomic E-state index is 12.6. The van der Waals surface area contributed by atoms with Gasteiger partial charge in [0.05, 0.1) is 0 Å². The molecule has 0 bridgehead atoms. The summed E-state index contributed by atoms with van der Waals surface area (Å²) < 4.78 is 47.5. The number of carbonyl (C=O) groups is 1. The van der Waals surface area contributed by atoms with Crippen LogP contribution in [-0.4, -0.2) is 21.2 Å². The van der Waals surface area contributed by atoms with Crippen LogP contribution in [0.5, 0.6) is 0 Å². The van der Waals surface area contributed by atoms with Crippen LogP contribution in [0.1, 0.15) is 22.6 Å². The number of nitrogens with one attached hydrogen (secondary N) is 1. The molecule has 0 aliphatic heterocycles. The van der Waals surface area contributed by atoms with Gasteiger partial charge in [-0.25, -0.2) is 4.79 Å². The summed E-state index contributed by atoms with van der Waals surface area (Å²) in [7, 11) is 0. The van der Waals surface area contributed by atoms with Crippen molar-refractivity contribution in [3.8, 4) is 11.4 Å². The summed E-state index contributed by atoms with van der Waals surface area (Å²) in [6.45, 7) is 2.01. The van der Waals surface area contributed by atoms with Gasteiger partial charge in [0, 0.05) is 35.5 Å². The summed E-state index contributed by atoms with van der Waals surface area (Å²) >= 11 is 0. The molecule has 0 fully saturated rings. The lowest BCUT2D eigenvalue weighted by atomic mass is 10.0. The van der Waals surface area contributed by atoms with Gasteiger partial charge in [0.1, 0.15) is 6.61 Å². The van der Waals surface area contributed by atoms with Crippen LogP contribution in [0.3, 0.4) is 0 Å². The summed E-state index contributed by atoms with van der Waals surface area (Å²) in [6.07, 6.45) is -1.91. The van der Waals surface area contributed by atoms with Gasteiger partial charge in [-0.15, -0.1) is 0 Å². The molecular formula is C22H17F3N4O3. The summed E-state index contributed by atoms with van der Waals surface area (Å²) in [5.41, 5.74) is 2.66. The number of ether oxygens (including phenoxy) is 1. The number of rotatable bonds is 5. The molecule has 2 aromatic carbocycles. The highest BCUT2D eigenvalue weighted by Crippen LogP contribution is 2.29. The SMILES string of the molecule is Cc1cc(-c2noc(C(F)(F)F)n2)ccc1CNC(=O)OCc1cncc2ccccc12. The van der Waals surface area contributed by atoms with Crippen molar-refractivity contribution in [2.24, 2.45) is 0 Å². The fraction of sp³-hybridized carbons (Fsp3) is 0.182. The molecule has 2 heterocycles. The third kappa shape index (κ3) is 4.69. The fourth-order valence-corrected chi connectivity index (χ4v) is 3.15. The van der Waals surface area contributed by atoms with Gasteiger partial charge in [-0.05, 0) is 29.5 Å². The predicted octanol–water partition coefficient (Wildman–Crippen LogP) is 5.04. The average molecular weight is 442 g/mol. The molecule has 0 atom stereocenters. The van der Waals surface area contributed by atoms with E-state index in [1.807, 2.05) is 24.3 Å². The summed E-state index contributed by atoms with van der Waals surface area (Å²) in [5, 5.41) is 7.94. The van der Waals surface area contributed by atoms with E-state index in [1.54, 1.807) is 37.5 Å². The van der Waals surface area contributed by atoms with Crippen LogP contribution in [0.4, 0.5) is 18.0 Å². The van der Waals surface area contributed by atoms with Gasteiger partial charge >= 0.3 is 18.2 Å². The first-order valence-electron chi connectivity index (χ1n) is 9.54. The molecule has 0 unspecified atom stereocenters. The van der Waals surface area contributed by atoms with Gasteiger partial charge < -0.3 is 14.6 Å². The number of hydrogen-bond donors (Lipinski definition) is 1. The number of carbonyl (C=O) groups excluding carboxylic acids is 1. The number of benzene rings is 2. The molecule has 4 rings (SSSR count). The predicted molar refractivity (Wildman–Crippen MR) is 108 cm³/mol. The van der Waals surface area contributed by atoms with Gasteiger partial charge in [0.2, 0.25) is 5.82 Å². The van der Waals surface area contributed by atoms with Crippen molar-refractivity contribution in [3.63, 3.8) is 0 Å². The monoisotopic (exact) mass is 442 g/mol. The number of aromatic nitrogens is 3. The molecule has 4 aromatic rings. The van der Waals surface area contributed by atoms with Crippen molar-refractivity contribution in [2.75, 3.05) is 0 Å². The molecule has 164 valence electrons. The largest absolute Gasteiger partial charge is 0.471 e. The van der Waals surface area contributed by atoms with Crippen LogP contribution < -0.4 is 5.32 Å². The van der Waals surface area contributed by atoms with Gasteiger partial charge in [0.15, 0.2) is 0 Å². The highest BCUT2D eigenvalue weighted by molar-refractivity contribution is 5.84. The second-order valence-electron chi connectivity index (χ2n) is 7.01. The average Bonchev–Trinajstić information content (AvgIpc) is 3.28. The normalized spacial score (nSPS) is 11.5. The Bertz CT molecular complexity index is 1270. The lowest BCUT2D eigenvalue weighted by Gasteiger charge is -2.11. The zero-order valence-electron chi connectivity index (χ0n) is 16.8. The first-order chi connectivity index (χ1) is 15.3. The molecule has 7 nitrogen and oxygen atoms in total. The molecule has 0 radical (unpaired) electrons. The zero-order chi connectivity index (χ0) is 22.7. The van der Waals surface area contributed by atoms with E-state index in [2.05, 4.69) is 25.0 Å². The molecule has 0 aliphatic rings. The van der Waals surface area contributed by atoms with Gasteiger partial charge in [-0.3, -0.25) is 4.98 Å². The first-order valence-corrected chi connectivity index (χ1v) is 9.54. The minimum Gasteiger partial charge on any atom is -0.445 e. The van der Waals surface area contributed by atoms with E-state index in [0.717, 1.165) is 27.5 Å². The molecule has 2 aromatic heterocycles. The Hall–Kier alpha value is -3.95. The van der Waals surface area contributed by atoms with E-state index < -0.39 is 18.2 Å². The van der Waals surface area contributed by atoms with Crippen molar-refractivity contribution >= 4 is 16.9 Å².